The van der Waals surface area contributed by atoms with Crippen molar-refractivity contribution in [1.82, 2.24) is 25.5 Å². The molecule has 10 nitrogen and oxygen atoms in total. The Morgan fingerprint density at radius 1 is 1.18 bits per heavy atom. The van der Waals surface area contributed by atoms with Crippen molar-refractivity contribution in [1.29, 1.82) is 5.26 Å². The van der Waals surface area contributed by atoms with Crippen molar-refractivity contribution < 1.29 is 14.2 Å². The number of hydrogen-bond donors (Lipinski definition) is 2. The van der Waals surface area contributed by atoms with Crippen LogP contribution in [-0.4, -0.2) is 63.9 Å². The Balaban J connectivity index is 1.27. The lowest BCUT2D eigenvalue weighted by Gasteiger charge is -2.20. The summed E-state index contributed by atoms with van der Waals surface area (Å²) in [5.41, 5.74) is 2.15. The van der Waals surface area contributed by atoms with Gasteiger partial charge in [-0.2, -0.15) is 5.26 Å². The number of methoxy groups -OCH3 is 1. The van der Waals surface area contributed by atoms with Crippen molar-refractivity contribution in [2.75, 3.05) is 25.6 Å². The summed E-state index contributed by atoms with van der Waals surface area (Å²) in [7, 11) is 1.62. The van der Waals surface area contributed by atoms with E-state index in [-0.39, 0.29) is 24.3 Å². The molecule has 0 bridgehead atoms. The van der Waals surface area contributed by atoms with Crippen LogP contribution in [0.2, 0.25) is 0 Å². The molecule has 5 rings (SSSR count). The molecule has 2 saturated heterocycles. The molecule has 0 saturated carbocycles. The number of aromatic nitrogens is 4. The highest BCUT2D eigenvalue weighted by Crippen LogP contribution is 2.36. The summed E-state index contributed by atoms with van der Waals surface area (Å²) in [6.45, 7) is 0.850. The smallest absolute Gasteiger partial charge is 0.182 e. The molecule has 2 aliphatic rings. The molecule has 0 aliphatic carbocycles. The summed E-state index contributed by atoms with van der Waals surface area (Å²) in [5, 5.41) is 28.2. The van der Waals surface area contributed by atoms with Gasteiger partial charge in [0.2, 0.25) is 0 Å². The molecule has 3 heterocycles. The second-order valence-corrected chi connectivity index (χ2v) is 8.15. The number of anilines is 1. The first kappa shape index (κ1) is 21.3. The topological polar surface area (TPSA) is 119 Å². The molecule has 0 spiro atoms. The Labute approximate surface area is 195 Å². The van der Waals surface area contributed by atoms with Crippen molar-refractivity contribution in [2.45, 2.75) is 24.3 Å². The molecular formula is C22H21N7O3S. The zero-order chi connectivity index (χ0) is 22.8. The van der Waals surface area contributed by atoms with E-state index in [1.807, 2.05) is 30.3 Å². The number of nitrogens with one attached hydrogen (secondary N) is 2. The molecule has 0 amide bonds. The third-order valence-corrected chi connectivity index (χ3v) is 5.95. The van der Waals surface area contributed by atoms with E-state index >= 15 is 0 Å². The van der Waals surface area contributed by atoms with Gasteiger partial charge in [-0.3, -0.25) is 0 Å². The fraction of sp³-hybridized carbons (Fsp3) is 0.318. The maximum absolute atomic E-state index is 9.07. The van der Waals surface area contributed by atoms with Crippen LogP contribution in [0.25, 0.3) is 11.4 Å². The van der Waals surface area contributed by atoms with Crippen LogP contribution in [0.3, 0.4) is 0 Å². The van der Waals surface area contributed by atoms with Crippen LogP contribution in [0.15, 0.2) is 48.5 Å². The van der Waals surface area contributed by atoms with Gasteiger partial charge >= 0.3 is 0 Å². The van der Waals surface area contributed by atoms with Gasteiger partial charge in [0.15, 0.2) is 10.9 Å². The predicted octanol–water partition coefficient (Wildman–Crippen LogP) is 1.91. The van der Waals surface area contributed by atoms with Gasteiger partial charge in [0, 0.05) is 11.3 Å². The average molecular weight is 464 g/mol. The van der Waals surface area contributed by atoms with E-state index in [2.05, 4.69) is 32.2 Å². The average Bonchev–Trinajstić information content (AvgIpc) is 3.57. The van der Waals surface area contributed by atoms with E-state index in [0.717, 1.165) is 17.0 Å². The van der Waals surface area contributed by atoms with E-state index in [9.17, 15) is 0 Å². The maximum Gasteiger partial charge on any atom is 0.182 e. The molecular weight excluding hydrogens is 442 g/mol. The number of hydrogen-bond acceptors (Lipinski definition) is 8. The summed E-state index contributed by atoms with van der Waals surface area (Å²) < 4.78 is 19.3. The zero-order valence-electron chi connectivity index (χ0n) is 17.7. The molecule has 33 heavy (non-hydrogen) atoms. The van der Waals surface area contributed by atoms with E-state index in [1.54, 1.807) is 30.0 Å². The summed E-state index contributed by atoms with van der Waals surface area (Å²) in [5.74, 6) is 1.35. The molecule has 2 fully saturated rings. The monoisotopic (exact) mass is 463 g/mol. The molecule has 11 heteroatoms. The second kappa shape index (κ2) is 9.11. The van der Waals surface area contributed by atoms with Gasteiger partial charge in [0.1, 0.15) is 24.0 Å². The molecule has 3 aromatic rings. The Morgan fingerprint density at radius 2 is 2.03 bits per heavy atom. The van der Waals surface area contributed by atoms with Crippen LogP contribution >= 0.6 is 12.2 Å². The van der Waals surface area contributed by atoms with Gasteiger partial charge in [-0.05, 0) is 53.0 Å². The Hall–Kier alpha value is -3.59. The molecule has 4 atom stereocenters. The van der Waals surface area contributed by atoms with Gasteiger partial charge in [-0.15, -0.1) is 5.10 Å². The van der Waals surface area contributed by atoms with Gasteiger partial charge in [0.05, 0.1) is 38.0 Å². The SMILES string of the molecule is COc1cccc(-c2nnnn2[C@@H]2CO[C@@H]3[C@@H]2OC[C@@H]3NC(=S)Nc2cccc(C#N)c2)c1. The fourth-order valence-corrected chi connectivity index (χ4v) is 4.45. The Morgan fingerprint density at radius 3 is 2.88 bits per heavy atom. The minimum absolute atomic E-state index is 0.129. The van der Waals surface area contributed by atoms with Gasteiger partial charge in [-0.25, -0.2) is 4.68 Å². The summed E-state index contributed by atoms with van der Waals surface area (Å²) >= 11 is 5.46. The quantitative estimate of drug-likeness (QED) is 0.543. The first-order chi connectivity index (χ1) is 16.2. The highest BCUT2D eigenvalue weighted by atomic mass is 32.1. The van der Waals surface area contributed by atoms with Gasteiger partial charge < -0.3 is 24.8 Å². The van der Waals surface area contributed by atoms with E-state index < -0.39 is 0 Å². The summed E-state index contributed by atoms with van der Waals surface area (Å²) in [6.07, 6.45) is -0.428. The number of rotatable bonds is 5. The van der Waals surface area contributed by atoms with E-state index in [4.69, 9.17) is 31.7 Å². The number of tetrazole rings is 1. The van der Waals surface area contributed by atoms with Gasteiger partial charge in [-0.1, -0.05) is 18.2 Å². The zero-order valence-corrected chi connectivity index (χ0v) is 18.5. The van der Waals surface area contributed by atoms with Crippen molar-refractivity contribution in [3.05, 3.63) is 54.1 Å². The van der Waals surface area contributed by atoms with Crippen LogP contribution < -0.4 is 15.4 Å². The number of nitriles is 1. The highest BCUT2D eigenvalue weighted by molar-refractivity contribution is 7.80. The fourth-order valence-electron chi connectivity index (χ4n) is 4.18. The van der Waals surface area contributed by atoms with E-state index in [1.165, 1.54) is 0 Å². The minimum Gasteiger partial charge on any atom is -0.497 e. The van der Waals surface area contributed by atoms with Crippen molar-refractivity contribution in [2.24, 2.45) is 0 Å². The summed E-state index contributed by atoms with van der Waals surface area (Å²) in [6, 6.07) is 16.5. The first-order valence-corrected chi connectivity index (χ1v) is 10.8. The van der Waals surface area contributed by atoms with Crippen molar-refractivity contribution in [3.8, 4) is 23.2 Å². The molecule has 0 unspecified atom stereocenters. The molecule has 168 valence electrons. The summed E-state index contributed by atoms with van der Waals surface area (Å²) in [4.78, 5) is 0. The number of nitrogens with zero attached hydrogens (tertiary/aromatic N) is 5. The van der Waals surface area contributed by atoms with Crippen molar-refractivity contribution in [3.63, 3.8) is 0 Å². The third-order valence-electron chi connectivity index (χ3n) is 5.73. The lowest BCUT2D eigenvalue weighted by molar-refractivity contribution is 0.0626. The lowest BCUT2D eigenvalue weighted by atomic mass is 10.1. The van der Waals surface area contributed by atoms with Crippen LogP contribution in [-0.2, 0) is 9.47 Å². The largest absolute Gasteiger partial charge is 0.497 e. The van der Waals surface area contributed by atoms with Crippen LogP contribution in [0.1, 0.15) is 11.6 Å². The molecule has 2 aliphatic heterocycles. The predicted molar refractivity (Wildman–Crippen MR) is 123 cm³/mol. The van der Waals surface area contributed by atoms with Crippen LogP contribution in [0, 0.1) is 11.3 Å². The lowest BCUT2D eigenvalue weighted by Crippen LogP contribution is -2.45. The van der Waals surface area contributed by atoms with Crippen LogP contribution in [0.4, 0.5) is 5.69 Å². The normalized spacial score (nSPS) is 23.5. The molecule has 2 aromatic carbocycles. The van der Waals surface area contributed by atoms with Gasteiger partial charge in [0.25, 0.3) is 0 Å². The number of ether oxygens (including phenoxy) is 3. The maximum atomic E-state index is 9.07. The highest BCUT2D eigenvalue weighted by Gasteiger charge is 2.49. The standard InChI is InChI=1S/C22H21N7O3S/c1-30-16-7-3-5-14(9-16)21-26-27-28-29(21)18-12-32-19-17(11-31-20(18)19)25-22(33)24-15-6-2-4-13(8-15)10-23/h2-9,17-20H,11-12H2,1H3,(H2,24,25,33)/t17-,18+,19-,20+/m0/s1. The second-order valence-electron chi connectivity index (χ2n) is 7.74. The third kappa shape index (κ3) is 4.23. The minimum atomic E-state index is -0.222. The van der Waals surface area contributed by atoms with Crippen LogP contribution in [0.5, 0.6) is 5.75 Å². The number of thiocarbonyl (C=S) groups is 1. The molecule has 0 radical (unpaired) electrons. The van der Waals surface area contributed by atoms with E-state index in [0.29, 0.717) is 29.7 Å². The number of benzene rings is 2. The first-order valence-electron chi connectivity index (χ1n) is 10.4. The Kier molecular flexibility index (Phi) is 5.87. The van der Waals surface area contributed by atoms with Crippen molar-refractivity contribution >= 4 is 23.0 Å². The molecule has 1 aromatic heterocycles. The number of fused-ring (bicyclic) bond motifs is 1. The molecule has 2 N–H and O–H groups in total. The Bertz CT molecular complexity index is 1210.